The van der Waals surface area contributed by atoms with Crippen LogP contribution in [0.25, 0.3) is 0 Å². The summed E-state index contributed by atoms with van der Waals surface area (Å²) in [6, 6.07) is 13.5. The quantitative estimate of drug-likeness (QED) is 0.735. The Morgan fingerprint density at radius 3 is 2.48 bits per heavy atom. The van der Waals surface area contributed by atoms with Crippen LogP contribution in [0.2, 0.25) is 0 Å². The van der Waals surface area contributed by atoms with Crippen LogP contribution < -0.4 is 4.74 Å². The van der Waals surface area contributed by atoms with Crippen molar-refractivity contribution in [2.24, 2.45) is 0 Å². The number of hydrogen-bond acceptors (Lipinski definition) is 4. The molecule has 1 spiro atoms. The molecule has 4 rings (SSSR count). The van der Waals surface area contributed by atoms with Crippen molar-refractivity contribution in [2.75, 3.05) is 26.2 Å². The molecule has 2 aromatic rings. The van der Waals surface area contributed by atoms with Gasteiger partial charge in [0.1, 0.15) is 17.0 Å². The van der Waals surface area contributed by atoms with Gasteiger partial charge >= 0.3 is 0 Å². The zero-order valence-electron chi connectivity index (χ0n) is 18.4. The van der Waals surface area contributed by atoms with Crippen molar-refractivity contribution in [3.05, 3.63) is 59.9 Å². The Kier molecular flexibility index (Phi) is 6.25. The van der Waals surface area contributed by atoms with E-state index in [4.69, 9.17) is 4.74 Å². The third kappa shape index (κ3) is 4.43. The number of hydrogen-bond donors (Lipinski definition) is 0. The van der Waals surface area contributed by atoms with Crippen LogP contribution in [0, 0.1) is 0 Å². The number of benzene rings is 1. The molecule has 3 heterocycles. The second-order valence-electron chi connectivity index (χ2n) is 8.50. The van der Waals surface area contributed by atoms with Gasteiger partial charge in [-0.05, 0) is 44.0 Å². The van der Waals surface area contributed by atoms with E-state index in [0.29, 0.717) is 25.2 Å². The monoisotopic (exact) mass is 421 g/mol. The van der Waals surface area contributed by atoms with E-state index in [1.807, 2.05) is 54.0 Å². The van der Waals surface area contributed by atoms with Gasteiger partial charge in [-0.1, -0.05) is 24.3 Å². The van der Waals surface area contributed by atoms with E-state index in [0.717, 1.165) is 43.7 Å². The molecule has 31 heavy (non-hydrogen) atoms. The number of pyridine rings is 1. The standard InChI is InChI=1S/C25H31N3O3/c1-3-27(4-2)23(29)17-19-18-25(31-22-11-6-5-9-20(19)22)12-15-28(16-13-25)24(30)21-10-7-8-14-26-21/h5-11,14,19H,3-4,12-13,15-18H2,1-2H3. The van der Waals surface area contributed by atoms with Crippen molar-refractivity contribution in [1.29, 1.82) is 0 Å². The molecule has 0 N–H and O–H groups in total. The normalized spacial score (nSPS) is 19.4. The first-order chi connectivity index (χ1) is 15.0. The number of rotatable bonds is 5. The van der Waals surface area contributed by atoms with Crippen molar-refractivity contribution in [1.82, 2.24) is 14.8 Å². The lowest BCUT2D eigenvalue weighted by atomic mass is 9.76. The maximum absolute atomic E-state index is 12.9. The molecule has 1 unspecified atom stereocenters. The van der Waals surface area contributed by atoms with Gasteiger partial charge in [-0.3, -0.25) is 14.6 Å². The van der Waals surface area contributed by atoms with E-state index in [9.17, 15) is 9.59 Å². The highest BCUT2D eigenvalue weighted by Gasteiger charge is 2.44. The van der Waals surface area contributed by atoms with Gasteiger partial charge in [-0.2, -0.15) is 0 Å². The largest absolute Gasteiger partial charge is 0.487 e. The third-order valence-electron chi connectivity index (χ3n) is 6.69. The zero-order valence-corrected chi connectivity index (χ0v) is 18.4. The van der Waals surface area contributed by atoms with E-state index in [2.05, 4.69) is 11.1 Å². The highest BCUT2D eigenvalue weighted by atomic mass is 16.5. The Morgan fingerprint density at radius 1 is 1.10 bits per heavy atom. The minimum atomic E-state index is -0.330. The molecule has 0 bridgehead atoms. The SMILES string of the molecule is CCN(CC)C(=O)CC1CC2(CCN(C(=O)c3ccccn3)CC2)Oc2ccccc21. The van der Waals surface area contributed by atoms with Crippen molar-refractivity contribution in [3.8, 4) is 5.75 Å². The van der Waals surface area contributed by atoms with Crippen molar-refractivity contribution in [2.45, 2.75) is 51.0 Å². The van der Waals surface area contributed by atoms with Gasteiger partial charge in [0.2, 0.25) is 5.91 Å². The van der Waals surface area contributed by atoms with Gasteiger partial charge in [-0.15, -0.1) is 0 Å². The van der Waals surface area contributed by atoms with Gasteiger partial charge in [0.15, 0.2) is 0 Å². The molecule has 6 nitrogen and oxygen atoms in total. The summed E-state index contributed by atoms with van der Waals surface area (Å²) < 4.78 is 6.54. The van der Waals surface area contributed by atoms with E-state index >= 15 is 0 Å². The lowest BCUT2D eigenvalue weighted by Crippen LogP contribution is -2.52. The zero-order chi connectivity index (χ0) is 21.8. The Labute approximate surface area is 184 Å². The van der Waals surface area contributed by atoms with Gasteiger partial charge in [-0.25, -0.2) is 0 Å². The van der Waals surface area contributed by atoms with Crippen LogP contribution in [0.3, 0.4) is 0 Å². The predicted octanol–water partition coefficient (Wildman–Crippen LogP) is 3.88. The predicted molar refractivity (Wildman–Crippen MR) is 119 cm³/mol. The number of carbonyl (C=O) groups excluding carboxylic acids is 2. The fourth-order valence-corrected chi connectivity index (χ4v) is 4.92. The minimum Gasteiger partial charge on any atom is -0.487 e. The molecule has 0 aliphatic carbocycles. The molecule has 164 valence electrons. The molecule has 6 heteroatoms. The van der Waals surface area contributed by atoms with E-state index in [1.54, 1.807) is 12.3 Å². The maximum atomic E-state index is 12.9. The van der Waals surface area contributed by atoms with Crippen molar-refractivity contribution in [3.63, 3.8) is 0 Å². The smallest absolute Gasteiger partial charge is 0.272 e. The first kappa shape index (κ1) is 21.3. The van der Waals surface area contributed by atoms with E-state index < -0.39 is 0 Å². The molecule has 2 aliphatic heterocycles. The molecular formula is C25H31N3O3. The van der Waals surface area contributed by atoms with Gasteiger partial charge in [0.05, 0.1) is 0 Å². The summed E-state index contributed by atoms with van der Waals surface area (Å²) in [6.07, 6.45) is 4.48. The lowest BCUT2D eigenvalue weighted by molar-refractivity contribution is -0.131. The van der Waals surface area contributed by atoms with Crippen molar-refractivity contribution < 1.29 is 14.3 Å². The number of ether oxygens (including phenoxy) is 1. The summed E-state index contributed by atoms with van der Waals surface area (Å²) in [5.41, 5.74) is 1.28. The number of likely N-dealkylation sites (tertiary alicyclic amines) is 1. The highest BCUT2D eigenvalue weighted by molar-refractivity contribution is 5.92. The summed E-state index contributed by atoms with van der Waals surface area (Å²) in [5, 5.41) is 0. The Hall–Kier alpha value is -2.89. The molecule has 0 radical (unpaired) electrons. The van der Waals surface area contributed by atoms with Crippen LogP contribution in [0.1, 0.15) is 61.5 Å². The Bertz CT molecular complexity index is 919. The molecule has 1 aromatic carbocycles. The van der Waals surface area contributed by atoms with E-state index in [-0.39, 0.29) is 23.3 Å². The number of para-hydroxylation sites is 1. The number of carbonyl (C=O) groups is 2. The number of amides is 2. The fourth-order valence-electron chi connectivity index (χ4n) is 4.92. The average Bonchev–Trinajstić information content (AvgIpc) is 2.80. The highest BCUT2D eigenvalue weighted by Crippen LogP contribution is 2.46. The van der Waals surface area contributed by atoms with Gasteiger partial charge < -0.3 is 14.5 Å². The van der Waals surface area contributed by atoms with Gasteiger partial charge in [0.25, 0.3) is 5.91 Å². The fraction of sp³-hybridized carbons (Fsp3) is 0.480. The molecule has 0 saturated carbocycles. The second-order valence-corrected chi connectivity index (χ2v) is 8.50. The van der Waals surface area contributed by atoms with Gasteiger partial charge in [0, 0.05) is 57.6 Å². The topological polar surface area (TPSA) is 62.7 Å². The molecule has 1 aromatic heterocycles. The first-order valence-corrected chi connectivity index (χ1v) is 11.3. The summed E-state index contributed by atoms with van der Waals surface area (Å²) in [6.45, 7) is 6.78. The van der Waals surface area contributed by atoms with E-state index in [1.165, 1.54) is 0 Å². The molecule has 2 aliphatic rings. The first-order valence-electron chi connectivity index (χ1n) is 11.3. The minimum absolute atomic E-state index is 0.0279. The molecular weight excluding hydrogens is 390 g/mol. The van der Waals surface area contributed by atoms with Crippen LogP contribution in [-0.2, 0) is 4.79 Å². The molecule has 1 atom stereocenters. The van der Waals surface area contributed by atoms with Crippen LogP contribution in [0.4, 0.5) is 0 Å². The summed E-state index contributed by atoms with van der Waals surface area (Å²) in [5.74, 6) is 1.19. The van der Waals surface area contributed by atoms with Crippen molar-refractivity contribution >= 4 is 11.8 Å². The second kappa shape index (κ2) is 9.08. The van der Waals surface area contributed by atoms with Crippen LogP contribution >= 0.6 is 0 Å². The molecule has 1 fully saturated rings. The number of aromatic nitrogens is 1. The van der Waals surface area contributed by atoms with Crippen LogP contribution in [0.15, 0.2) is 48.7 Å². The molecule has 1 saturated heterocycles. The maximum Gasteiger partial charge on any atom is 0.272 e. The summed E-state index contributed by atoms with van der Waals surface area (Å²) in [7, 11) is 0. The number of fused-ring (bicyclic) bond motifs is 1. The number of nitrogens with zero attached hydrogens (tertiary/aromatic N) is 3. The Balaban J connectivity index is 1.50. The third-order valence-corrected chi connectivity index (χ3v) is 6.69. The van der Waals surface area contributed by atoms with Crippen LogP contribution in [0.5, 0.6) is 5.75 Å². The van der Waals surface area contributed by atoms with Crippen LogP contribution in [-0.4, -0.2) is 58.4 Å². The summed E-state index contributed by atoms with van der Waals surface area (Å²) >= 11 is 0. The Morgan fingerprint density at radius 2 is 1.81 bits per heavy atom. The number of piperidine rings is 1. The lowest BCUT2D eigenvalue weighted by Gasteiger charge is -2.47. The molecule has 2 amide bonds. The summed E-state index contributed by atoms with van der Waals surface area (Å²) in [4.78, 5) is 33.6. The average molecular weight is 422 g/mol.